The predicted octanol–water partition coefficient (Wildman–Crippen LogP) is 2.99. The number of piperidine rings is 1. The molecule has 5 rings (SSSR count). The van der Waals surface area contributed by atoms with Gasteiger partial charge in [0.2, 0.25) is 0 Å². The van der Waals surface area contributed by atoms with Gasteiger partial charge in [-0.15, -0.1) is 0 Å². The lowest BCUT2D eigenvalue weighted by Crippen LogP contribution is -2.42. The van der Waals surface area contributed by atoms with E-state index in [1.807, 2.05) is 18.2 Å². The molecule has 0 amide bonds. The number of guanidine groups is 1. The zero-order chi connectivity index (χ0) is 25.4. The molecule has 1 saturated carbocycles. The number of nitrogens with one attached hydrogen (secondary N) is 2. The number of nitrogens with two attached hydrogens (primary N) is 1. The van der Waals surface area contributed by atoms with Gasteiger partial charge in [-0.05, 0) is 66.8 Å². The van der Waals surface area contributed by atoms with Crippen LogP contribution in [0, 0.1) is 16.7 Å². The Morgan fingerprint density at radius 3 is 2.31 bits per heavy atom. The Kier molecular flexibility index (Phi) is 6.55. The molecule has 1 saturated heterocycles. The van der Waals surface area contributed by atoms with Crippen LogP contribution in [0.15, 0.2) is 47.4 Å². The summed E-state index contributed by atoms with van der Waals surface area (Å²) in [5.41, 5.74) is 8.36. The minimum Gasteiger partial charge on any atom is -0.490 e. The van der Waals surface area contributed by atoms with E-state index in [1.165, 1.54) is 4.31 Å². The summed E-state index contributed by atoms with van der Waals surface area (Å²) in [7, 11) is -2.19. The van der Waals surface area contributed by atoms with Gasteiger partial charge in [0.25, 0.3) is 10.0 Å². The normalized spacial score (nSPS) is 18.5. The van der Waals surface area contributed by atoms with Crippen molar-refractivity contribution < 1.29 is 13.2 Å². The molecule has 192 valence electrons. The van der Waals surface area contributed by atoms with Crippen molar-refractivity contribution in [3.05, 3.63) is 53.6 Å². The molecular weight excluding hydrogens is 476 g/mol. The summed E-state index contributed by atoms with van der Waals surface area (Å²) in [4.78, 5) is 4.15. The molecule has 3 aliphatic rings. The molecule has 0 atom stereocenters. The zero-order valence-electron chi connectivity index (χ0n) is 20.6. The van der Waals surface area contributed by atoms with Gasteiger partial charge < -0.3 is 20.3 Å². The Morgan fingerprint density at radius 2 is 1.67 bits per heavy atom. The molecule has 36 heavy (non-hydrogen) atoms. The Labute approximate surface area is 212 Å². The molecule has 10 heteroatoms. The van der Waals surface area contributed by atoms with Crippen LogP contribution in [-0.2, 0) is 23.0 Å². The van der Waals surface area contributed by atoms with Crippen LogP contribution in [0.1, 0.15) is 36.8 Å². The second-order valence-electron chi connectivity index (χ2n) is 9.92. The van der Waals surface area contributed by atoms with E-state index in [-0.39, 0.29) is 17.0 Å². The highest BCUT2D eigenvalue weighted by atomic mass is 32.2. The van der Waals surface area contributed by atoms with Gasteiger partial charge in [-0.25, -0.2) is 8.42 Å². The number of rotatable bonds is 6. The summed E-state index contributed by atoms with van der Waals surface area (Å²) in [6.45, 7) is 2.86. The lowest BCUT2D eigenvalue weighted by atomic mass is 9.99. The van der Waals surface area contributed by atoms with Crippen LogP contribution in [0.5, 0.6) is 5.75 Å². The quantitative estimate of drug-likeness (QED) is 0.405. The monoisotopic (exact) mass is 510 g/mol. The SMILES string of the molecule is CN(c1ccc2c(c1)CN(C(=N)N)CC2)S(=O)(=O)c1ccc(OC2CCN(C(=N)C3CC3)CC2)cc1. The third-order valence-electron chi connectivity index (χ3n) is 7.44. The van der Waals surface area contributed by atoms with Crippen LogP contribution in [0.3, 0.4) is 0 Å². The van der Waals surface area contributed by atoms with Gasteiger partial charge in [0.15, 0.2) is 5.96 Å². The molecule has 9 nitrogen and oxygen atoms in total. The fourth-order valence-electron chi connectivity index (χ4n) is 4.95. The first-order valence-electron chi connectivity index (χ1n) is 12.5. The number of benzene rings is 2. The molecule has 4 N–H and O–H groups in total. The van der Waals surface area contributed by atoms with Crippen molar-refractivity contribution in [1.29, 1.82) is 10.8 Å². The van der Waals surface area contributed by atoms with E-state index in [0.717, 1.165) is 62.2 Å². The lowest BCUT2D eigenvalue weighted by molar-refractivity contribution is 0.129. The standard InChI is InChI=1S/C26H34N6O3S/c1-30(21-5-4-18-10-13-32(26(28)29)17-20(18)16-21)36(33,34)24-8-6-22(7-9-24)35-23-11-14-31(15-12-23)25(27)19-2-3-19/h4-9,16,19,23,27H,2-3,10-15,17H2,1H3,(H3,28,29). The molecule has 0 bridgehead atoms. The van der Waals surface area contributed by atoms with Crippen LogP contribution < -0.4 is 14.8 Å². The van der Waals surface area contributed by atoms with Crippen molar-refractivity contribution in [2.24, 2.45) is 11.7 Å². The number of fused-ring (bicyclic) bond motifs is 1. The number of amidine groups is 1. The Morgan fingerprint density at radius 1 is 0.972 bits per heavy atom. The first-order chi connectivity index (χ1) is 17.2. The van der Waals surface area contributed by atoms with Crippen LogP contribution in [0.4, 0.5) is 5.69 Å². The van der Waals surface area contributed by atoms with E-state index in [4.69, 9.17) is 21.3 Å². The van der Waals surface area contributed by atoms with Crippen LogP contribution in [0.25, 0.3) is 0 Å². The Hall–Kier alpha value is -3.27. The summed E-state index contributed by atoms with van der Waals surface area (Å²) < 4.78 is 34.1. The first kappa shape index (κ1) is 24.4. The fraction of sp³-hybridized carbons (Fsp3) is 0.462. The molecule has 2 heterocycles. The van der Waals surface area contributed by atoms with Crippen molar-refractivity contribution in [2.45, 2.75) is 49.6 Å². The second kappa shape index (κ2) is 9.65. The third kappa shape index (κ3) is 5.00. The van der Waals surface area contributed by atoms with E-state index >= 15 is 0 Å². The van der Waals surface area contributed by atoms with Crippen LogP contribution >= 0.6 is 0 Å². The highest BCUT2D eigenvalue weighted by molar-refractivity contribution is 7.92. The largest absolute Gasteiger partial charge is 0.490 e. The minimum absolute atomic E-state index is 0.0256. The van der Waals surface area contributed by atoms with Gasteiger partial charge in [0, 0.05) is 52.0 Å². The maximum Gasteiger partial charge on any atom is 0.264 e. The number of hydrogen-bond acceptors (Lipinski definition) is 5. The van der Waals surface area contributed by atoms with Crippen molar-refractivity contribution in [3.63, 3.8) is 0 Å². The summed E-state index contributed by atoms with van der Waals surface area (Å²) >= 11 is 0. The molecule has 2 aromatic rings. The average molecular weight is 511 g/mol. The topological polar surface area (TPSA) is 127 Å². The van der Waals surface area contributed by atoms with E-state index in [0.29, 0.717) is 30.4 Å². The third-order valence-corrected chi connectivity index (χ3v) is 9.24. The Balaban J connectivity index is 1.22. The molecule has 1 aliphatic carbocycles. The minimum atomic E-state index is -3.75. The number of sulfonamides is 1. The number of anilines is 1. The first-order valence-corrected chi connectivity index (χ1v) is 14.0. The highest BCUT2D eigenvalue weighted by Gasteiger charge is 2.32. The lowest BCUT2D eigenvalue weighted by Gasteiger charge is -2.34. The molecular formula is C26H34N6O3S. The average Bonchev–Trinajstić information content (AvgIpc) is 3.73. The predicted molar refractivity (Wildman–Crippen MR) is 140 cm³/mol. The molecule has 2 aromatic carbocycles. The van der Waals surface area contributed by atoms with Gasteiger partial charge in [-0.1, -0.05) is 6.07 Å². The van der Waals surface area contributed by atoms with Crippen LogP contribution in [0.2, 0.25) is 0 Å². The number of hydrogen-bond donors (Lipinski definition) is 3. The maximum absolute atomic E-state index is 13.3. The van der Waals surface area contributed by atoms with Gasteiger partial charge in [0.05, 0.1) is 16.4 Å². The number of likely N-dealkylation sites (tertiary alicyclic amines) is 1. The van der Waals surface area contributed by atoms with Crippen molar-refractivity contribution >= 4 is 27.5 Å². The number of nitrogens with zero attached hydrogens (tertiary/aromatic N) is 3. The van der Waals surface area contributed by atoms with Gasteiger partial charge in [0.1, 0.15) is 11.9 Å². The van der Waals surface area contributed by atoms with Gasteiger partial charge >= 0.3 is 0 Å². The van der Waals surface area contributed by atoms with E-state index in [2.05, 4.69) is 4.90 Å². The molecule has 2 aliphatic heterocycles. The maximum atomic E-state index is 13.3. The smallest absolute Gasteiger partial charge is 0.264 e. The van der Waals surface area contributed by atoms with Crippen molar-refractivity contribution in [1.82, 2.24) is 9.80 Å². The van der Waals surface area contributed by atoms with E-state index in [9.17, 15) is 8.42 Å². The van der Waals surface area contributed by atoms with Crippen LogP contribution in [-0.4, -0.2) is 62.8 Å². The second-order valence-corrected chi connectivity index (χ2v) is 11.9. The molecule has 2 fully saturated rings. The summed E-state index contributed by atoms with van der Waals surface area (Å²) in [6.07, 6.45) is 4.85. The molecule has 0 radical (unpaired) electrons. The fourth-order valence-corrected chi connectivity index (χ4v) is 6.14. The molecule has 0 unspecified atom stereocenters. The van der Waals surface area contributed by atoms with Crippen molar-refractivity contribution in [3.8, 4) is 5.75 Å². The van der Waals surface area contributed by atoms with Gasteiger partial charge in [-0.3, -0.25) is 15.1 Å². The summed E-state index contributed by atoms with van der Waals surface area (Å²) in [5.74, 6) is 1.93. The highest BCUT2D eigenvalue weighted by Crippen LogP contribution is 2.33. The Bertz CT molecular complexity index is 1250. The van der Waals surface area contributed by atoms with E-state index in [1.54, 1.807) is 36.2 Å². The van der Waals surface area contributed by atoms with E-state index < -0.39 is 10.0 Å². The van der Waals surface area contributed by atoms with Gasteiger partial charge in [-0.2, -0.15) is 0 Å². The van der Waals surface area contributed by atoms with Crippen molar-refractivity contribution in [2.75, 3.05) is 31.0 Å². The summed E-state index contributed by atoms with van der Waals surface area (Å²) in [5, 5.41) is 15.9. The summed E-state index contributed by atoms with van der Waals surface area (Å²) in [6, 6.07) is 12.3. The molecule has 0 aromatic heterocycles. The molecule has 0 spiro atoms. The zero-order valence-corrected chi connectivity index (χ0v) is 21.4. The number of ether oxygens (including phenoxy) is 1.